The summed E-state index contributed by atoms with van der Waals surface area (Å²) in [5, 5.41) is 26.7. The predicted octanol–water partition coefficient (Wildman–Crippen LogP) is -0.442. The molecule has 0 fully saturated rings. The van der Waals surface area contributed by atoms with Crippen molar-refractivity contribution in [1.29, 1.82) is 0 Å². The Balaban J connectivity index is 0.000000713. The summed E-state index contributed by atoms with van der Waals surface area (Å²) < 4.78 is 0. The minimum absolute atomic E-state index is 0.265. The van der Waals surface area contributed by atoms with Crippen LogP contribution in [0.25, 0.3) is 0 Å². The third-order valence-corrected chi connectivity index (χ3v) is 2.58. The molecule has 1 heterocycles. The topological polar surface area (TPSA) is 199 Å². The van der Waals surface area contributed by atoms with E-state index >= 15 is 0 Å². The number of nitrogens with zero attached hydrogens (tertiary/aromatic N) is 4. The maximum atomic E-state index is 10.6. The molecule has 12 heteroatoms. The molecular formula is C15H23N7O5. The van der Waals surface area contributed by atoms with Gasteiger partial charge >= 0.3 is 11.9 Å². The Morgan fingerprint density at radius 3 is 2.37 bits per heavy atom. The number of guanidine groups is 1. The van der Waals surface area contributed by atoms with Crippen LogP contribution in [0.2, 0.25) is 0 Å². The second kappa shape index (κ2) is 13.6. The molecule has 0 aromatic carbocycles. The molecule has 0 spiro atoms. The van der Waals surface area contributed by atoms with E-state index in [1.54, 1.807) is 12.3 Å². The van der Waals surface area contributed by atoms with E-state index in [4.69, 9.17) is 21.7 Å². The first-order chi connectivity index (χ1) is 12.7. The van der Waals surface area contributed by atoms with Crippen molar-refractivity contribution in [2.45, 2.75) is 25.8 Å². The first kappa shape index (κ1) is 23.3. The zero-order valence-electron chi connectivity index (χ0n) is 14.6. The number of carbonyl (C=O) groups excluding carboxylic acids is 1. The van der Waals surface area contributed by atoms with Gasteiger partial charge < -0.3 is 27.0 Å². The van der Waals surface area contributed by atoms with Crippen molar-refractivity contribution in [1.82, 2.24) is 15.0 Å². The van der Waals surface area contributed by atoms with Gasteiger partial charge in [0.25, 0.3) is 0 Å². The van der Waals surface area contributed by atoms with Crippen molar-refractivity contribution in [2.75, 3.05) is 11.9 Å². The Kier molecular flexibility index (Phi) is 11.7. The summed E-state index contributed by atoms with van der Waals surface area (Å²) in [6.45, 7) is 4.61. The number of primary amides is 1. The fourth-order valence-corrected chi connectivity index (χ4v) is 1.49. The zero-order valence-corrected chi connectivity index (χ0v) is 14.6. The zero-order chi connectivity index (χ0) is 20.7. The molecule has 1 rings (SSSR count). The van der Waals surface area contributed by atoms with Crippen molar-refractivity contribution in [3.8, 4) is 0 Å². The van der Waals surface area contributed by atoms with Gasteiger partial charge in [0.1, 0.15) is 0 Å². The normalized spacial score (nSPS) is 10.7. The second-order valence-electron chi connectivity index (χ2n) is 4.90. The first-order valence-electron chi connectivity index (χ1n) is 7.74. The molecule has 0 atom stereocenters. The van der Waals surface area contributed by atoms with Gasteiger partial charge in [0, 0.05) is 18.6 Å². The lowest BCUT2D eigenvalue weighted by molar-refractivity contribution is -0.134. The molecule has 27 heavy (non-hydrogen) atoms. The van der Waals surface area contributed by atoms with Gasteiger partial charge in [-0.2, -0.15) is 9.90 Å². The van der Waals surface area contributed by atoms with E-state index in [0.717, 1.165) is 12.8 Å². The van der Waals surface area contributed by atoms with Gasteiger partial charge in [-0.25, -0.2) is 14.6 Å². The van der Waals surface area contributed by atoms with Crippen LogP contribution in [-0.4, -0.2) is 55.6 Å². The van der Waals surface area contributed by atoms with Gasteiger partial charge in [-0.05, 0) is 12.8 Å². The Morgan fingerprint density at radius 1 is 1.22 bits per heavy atom. The number of aromatic nitrogens is 3. The van der Waals surface area contributed by atoms with E-state index < -0.39 is 11.9 Å². The number of carboxylic acid groups (broad SMARTS) is 2. The monoisotopic (exact) mass is 381 g/mol. The van der Waals surface area contributed by atoms with E-state index in [1.165, 1.54) is 4.80 Å². The summed E-state index contributed by atoms with van der Waals surface area (Å²) in [6.07, 6.45) is 6.21. The number of amides is 1. The van der Waals surface area contributed by atoms with E-state index in [-0.39, 0.29) is 11.9 Å². The number of anilines is 1. The Bertz CT molecular complexity index is 680. The maximum absolute atomic E-state index is 10.6. The number of aryl methyl sites for hydroxylation is 1. The SMILES string of the molecule is C=CCN=C(N)Nc1cnn(CCCCC(N)=O)n1.O=C(O)/C=C\C(=O)O. The van der Waals surface area contributed by atoms with E-state index in [0.29, 0.717) is 37.5 Å². The van der Waals surface area contributed by atoms with Gasteiger partial charge in [-0.3, -0.25) is 4.79 Å². The maximum Gasteiger partial charge on any atom is 0.328 e. The lowest BCUT2D eigenvalue weighted by atomic mass is 10.2. The Labute approximate surface area is 155 Å². The van der Waals surface area contributed by atoms with Gasteiger partial charge in [-0.15, -0.1) is 11.7 Å². The summed E-state index contributed by atoms with van der Waals surface area (Å²) in [5.41, 5.74) is 10.7. The first-order valence-corrected chi connectivity index (χ1v) is 7.74. The van der Waals surface area contributed by atoms with Crippen molar-refractivity contribution in [3.05, 3.63) is 31.0 Å². The molecule has 0 aliphatic carbocycles. The number of rotatable bonds is 10. The molecule has 0 bridgehead atoms. The van der Waals surface area contributed by atoms with Crippen LogP contribution in [0.15, 0.2) is 36.0 Å². The van der Waals surface area contributed by atoms with E-state index in [9.17, 15) is 14.4 Å². The lowest BCUT2D eigenvalue weighted by Crippen LogP contribution is -2.23. The largest absolute Gasteiger partial charge is 0.478 e. The third-order valence-electron chi connectivity index (χ3n) is 2.58. The summed E-state index contributed by atoms with van der Waals surface area (Å²) in [7, 11) is 0. The smallest absolute Gasteiger partial charge is 0.328 e. The molecule has 7 N–H and O–H groups in total. The van der Waals surface area contributed by atoms with Crippen LogP contribution in [0.4, 0.5) is 5.82 Å². The highest BCUT2D eigenvalue weighted by Gasteiger charge is 2.02. The average Bonchev–Trinajstić information content (AvgIpc) is 3.02. The number of carbonyl (C=O) groups is 3. The van der Waals surface area contributed by atoms with Crippen LogP contribution in [0.5, 0.6) is 0 Å². The van der Waals surface area contributed by atoms with Crippen LogP contribution in [-0.2, 0) is 20.9 Å². The molecule has 0 saturated heterocycles. The second-order valence-corrected chi connectivity index (χ2v) is 4.90. The van der Waals surface area contributed by atoms with E-state index in [1.807, 2.05) is 0 Å². The number of nitrogens with one attached hydrogen (secondary N) is 1. The lowest BCUT2D eigenvalue weighted by Gasteiger charge is -2.00. The van der Waals surface area contributed by atoms with Crippen LogP contribution in [0, 0.1) is 0 Å². The number of aliphatic carboxylic acids is 2. The number of carboxylic acids is 2. The molecule has 0 radical (unpaired) electrons. The van der Waals surface area contributed by atoms with Crippen molar-refractivity contribution < 1.29 is 24.6 Å². The number of aliphatic imine (C=N–C) groups is 1. The highest BCUT2D eigenvalue weighted by Crippen LogP contribution is 2.01. The van der Waals surface area contributed by atoms with Crippen molar-refractivity contribution in [3.63, 3.8) is 0 Å². The number of hydrogen-bond acceptors (Lipinski definition) is 6. The summed E-state index contributed by atoms with van der Waals surface area (Å²) >= 11 is 0. The standard InChI is InChI=1S/C11H19N7O.C4H4O4/c1-2-6-14-11(13)16-10-8-15-18(17-10)7-4-3-5-9(12)19;5-3(6)1-2-4(7)8/h2,8H,1,3-7H2,(H2,12,19)(H3,13,14,16,17);1-2H,(H,5,6)(H,7,8)/b;2-1-. The molecular weight excluding hydrogens is 358 g/mol. The molecule has 0 saturated carbocycles. The third kappa shape index (κ3) is 14.4. The minimum atomic E-state index is -1.26. The van der Waals surface area contributed by atoms with Crippen molar-refractivity contribution >= 4 is 29.6 Å². The van der Waals surface area contributed by atoms with Gasteiger partial charge in [0.05, 0.1) is 19.3 Å². The molecule has 148 valence electrons. The number of hydrogen-bond donors (Lipinski definition) is 5. The van der Waals surface area contributed by atoms with Crippen LogP contribution < -0.4 is 16.8 Å². The molecule has 0 aliphatic heterocycles. The summed E-state index contributed by atoms with van der Waals surface area (Å²) in [4.78, 5) is 35.2. The molecule has 0 aliphatic rings. The van der Waals surface area contributed by atoms with Crippen LogP contribution >= 0.6 is 0 Å². The number of unbranched alkanes of at least 4 members (excludes halogenated alkanes) is 1. The van der Waals surface area contributed by atoms with Gasteiger partial charge in [0.2, 0.25) is 5.91 Å². The predicted molar refractivity (Wildman–Crippen MR) is 97.8 cm³/mol. The van der Waals surface area contributed by atoms with Gasteiger partial charge in [-0.1, -0.05) is 6.08 Å². The average molecular weight is 381 g/mol. The minimum Gasteiger partial charge on any atom is -0.478 e. The molecule has 0 unspecified atom stereocenters. The summed E-state index contributed by atoms with van der Waals surface area (Å²) in [6, 6.07) is 0. The van der Waals surface area contributed by atoms with Crippen molar-refractivity contribution in [2.24, 2.45) is 16.5 Å². The molecule has 1 aromatic rings. The fourth-order valence-electron chi connectivity index (χ4n) is 1.49. The highest BCUT2D eigenvalue weighted by atomic mass is 16.4. The highest BCUT2D eigenvalue weighted by molar-refractivity contribution is 5.91. The Morgan fingerprint density at radius 2 is 1.85 bits per heavy atom. The molecule has 1 amide bonds. The fraction of sp³-hybridized carbons (Fsp3) is 0.333. The van der Waals surface area contributed by atoms with Gasteiger partial charge in [0.15, 0.2) is 11.8 Å². The molecule has 1 aromatic heterocycles. The number of nitrogens with two attached hydrogens (primary N) is 2. The van der Waals surface area contributed by atoms with Crippen LogP contribution in [0.3, 0.4) is 0 Å². The van der Waals surface area contributed by atoms with Crippen LogP contribution in [0.1, 0.15) is 19.3 Å². The van der Waals surface area contributed by atoms with E-state index in [2.05, 4.69) is 27.1 Å². The quantitative estimate of drug-likeness (QED) is 0.117. The Hall–Kier alpha value is -3.70. The molecule has 12 nitrogen and oxygen atoms in total. The summed E-state index contributed by atoms with van der Waals surface area (Å²) in [5.74, 6) is -2.01.